The molecule has 0 radical (unpaired) electrons. The topological polar surface area (TPSA) is 46.6 Å². The maximum atomic E-state index is 13.8. The lowest BCUT2D eigenvalue weighted by Gasteiger charge is -2.13. The molecule has 0 aliphatic carbocycles. The van der Waals surface area contributed by atoms with Crippen molar-refractivity contribution in [1.29, 1.82) is 0 Å². The molecular formula is C16H15ClFNO3S2. The number of benzene rings is 1. The van der Waals surface area contributed by atoms with Crippen LogP contribution in [0.5, 0.6) is 0 Å². The fourth-order valence-electron chi connectivity index (χ4n) is 1.92. The summed E-state index contributed by atoms with van der Waals surface area (Å²) >= 11 is 12.1. The van der Waals surface area contributed by atoms with Crippen LogP contribution in [0.2, 0.25) is 5.02 Å². The predicted octanol–water partition coefficient (Wildman–Crippen LogP) is 4.02. The van der Waals surface area contributed by atoms with Crippen LogP contribution in [0.3, 0.4) is 0 Å². The molecule has 2 rings (SSSR count). The van der Waals surface area contributed by atoms with Crippen molar-refractivity contribution < 1.29 is 18.7 Å². The molecule has 1 saturated heterocycles. The van der Waals surface area contributed by atoms with E-state index in [0.29, 0.717) is 6.61 Å². The molecule has 1 aliphatic heterocycles. The highest BCUT2D eigenvalue weighted by Crippen LogP contribution is 2.34. The van der Waals surface area contributed by atoms with E-state index in [4.69, 9.17) is 28.6 Å². The van der Waals surface area contributed by atoms with E-state index in [1.54, 1.807) is 0 Å². The molecule has 128 valence electrons. The van der Waals surface area contributed by atoms with Gasteiger partial charge in [-0.15, -0.1) is 0 Å². The Balaban J connectivity index is 2.11. The number of ether oxygens (including phenoxy) is 1. The number of esters is 1. The molecule has 0 bridgehead atoms. The van der Waals surface area contributed by atoms with E-state index in [9.17, 15) is 14.0 Å². The Labute approximate surface area is 154 Å². The van der Waals surface area contributed by atoms with Crippen molar-refractivity contribution in [3.63, 3.8) is 0 Å². The molecule has 1 aliphatic rings. The maximum absolute atomic E-state index is 13.8. The molecule has 1 aromatic rings. The average molecular weight is 388 g/mol. The van der Waals surface area contributed by atoms with E-state index in [2.05, 4.69) is 0 Å². The number of halogens is 2. The van der Waals surface area contributed by atoms with Crippen molar-refractivity contribution >= 4 is 57.9 Å². The molecular weight excluding hydrogens is 373 g/mol. The highest BCUT2D eigenvalue weighted by molar-refractivity contribution is 8.26. The zero-order valence-electron chi connectivity index (χ0n) is 12.9. The fraction of sp³-hybridized carbons (Fsp3) is 0.312. The number of carbonyl (C=O) groups is 2. The number of hydrogen-bond acceptors (Lipinski definition) is 5. The molecule has 0 spiro atoms. The van der Waals surface area contributed by atoms with Gasteiger partial charge < -0.3 is 4.74 Å². The lowest BCUT2D eigenvalue weighted by Crippen LogP contribution is -2.34. The molecule has 1 fully saturated rings. The molecule has 0 aromatic heterocycles. The van der Waals surface area contributed by atoms with E-state index >= 15 is 0 Å². The quantitative estimate of drug-likeness (QED) is 0.319. The first-order valence-electron chi connectivity index (χ1n) is 7.29. The smallest absolute Gasteiger partial charge is 0.326 e. The lowest BCUT2D eigenvalue weighted by molar-refractivity contribution is -0.146. The normalized spacial score (nSPS) is 16.1. The van der Waals surface area contributed by atoms with Crippen LogP contribution < -0.4 is 0 Å². The minimum atomic E-state index is -0.535. The first-order chi connectivity index (χ1) is 11.4. The summed E-state index contributed by atoms with van der Waals surface area (Å²) in [6, 6.07) is 4.26. The van der Waals surface area contributed by atoms with Gasteiger partial charge in [-0.25, -0.2) is 4.39 Å². The Hall–Kier alpha value is -1.44. The standard InChI is InChI=1S/C16H15ClFNO3S2/c1-2-3-7-22-14(20)9-19-15(21)13(24-16(19)23)8-10-11(17)5-4-6-12(10)18/h4-6,8H,2-3,7,9H2,1H3/b13-8-. The van der Waals surface area contributed by atoms with Crippen LogP contribution in [0.4, 0.5) is 4.39 Å². The number of hydrogen-bond donors (Lipinski definition) is 0. The molecule has 0 atom stereocenters. The van der Waals surface area contributed by atoms with Gasteiger partial charge in [0.1, 0.15) is 16.7 Å². The number of thioether (sulfide) groups is 1. The van der Waals surface area contributed by atoms with E-state index < -0.39 is 17.7 Å². The summed E-state index contributed by atoms with van der Waals surface area (Å²) in [6.45, 7) is 2.04. The summed E-state index contributed by atoms with van der Waals surface area (Å²) in [4.78, 5) is 25.5. The first kappa shape index (κ1) is 18.9. The second-order valence-corrected chi connectivity index (χ2v) is 7.06. The maximum Gasteiger partial charge on any atom is 0.326 e. The average Bonchev–Trinajstić information content (AvgIpc) is 2.79. The minimum absolute atomic E-state index is 0.116. The van der Waals surface area contributed by atoms with Crippen LogP contribution in [0.1, 0.15) is 25.3 Å². The number of nitrogens with zero attached hydrogens (tertiary/aromatic N) is 1. The summed E-state index contributed by atoms with van der Waals surface area (Å²) in [5.41, 5.74) is 0.116. The highest BCUT2D eigenvalue weighted by atomic mass is 35.5. The van der Waals surface area contributed by atoms with Gasteiger partial charge in [-0.1, -0.05) is 55.0 Å². The fourth-order valence-corrected chi connectivity index (χ4v) is 3.38. The van der Waals surface area contributed by atoms with E-state index in [1.807, 2.05) is 6.92 Å². The van der Waals surface area contributed by atoms with E-state index in [-0.39, 0.29) is 26.4 Å². The monoisotopic (exact) mass is 387 g/mol. The molecule has 4 nitrogen and oxygen atoms in total. The SMILES string of the molecule is CCCCOC(=O)CN1C(=O)/C(=C/c2c(F)cccc2Cl)SC1=S. The van der Waals surface area contributed by atoms with Crippen molar-refractivity contribution in [2.45, 2.75) is 19.8 Å². The number of thiocarbonyl (C=S) groups is 1. The third-order valence-corrected chi connectivity index (χ3v) is 4.90. The van der Waals surface area contributed by atoms with Crippen LogP contribution in [0.25, 0.3) is 6.08 Å². The van der Waals surface area contributed by atoms with Crippen LogP contribution >= 0.6 is 35.6 Å². The van der Waals surface area contributed by atoms with Gasteiger partial charge in [-0.2, -0.15) is 0 Å². The Bertz CT molecular complexity index is 688. The van der Waals surface area contributed by atoms with Crippen molar-refractivity contribution in [3.8, 4) is 0 Å². The molecule has 8 heteroatoms. The molecule has 0 unspecified atom stereocenters. The third kappa shape index (κ3) is 4.55. The Kier molecular flexibility index (Phi) is 6.77. The van der Waals surface area contributed by atoms with E-state index in [0.717, 1.165) is 29.5 Å². The molecule has 1 heterocycles. The zero-order valence-corrected chi connectivity index (χ0v) is 15.3. The third-order valence-electron chi connectivity index (χ3n) is 3.20. The van der Waals surface area contributed by atoms with Crippen LogP contribution in [0, 0.1) is 5.82 Å². The van der Waals surface area contributed by atoms with Crippen LogP contribution in [-0.2, 0) is 14.3 Å². The first-order valence-corrected chi connectivity index (χ1v) is 8.89. The van der Waals surface area contributed by atoms with Gasteiger partial charge in [0, 0.05) is 5.56 Å². The van der Waals surface area contributed by atoms with Gasteiger partial charge in [0.15, 0.2) is 0 Å². The van der Waals surface area contributed by atoms with Crippen LogP contribution in [0.15, 0.2) is 23.1 Å². The molecule has 0 N–H and O–H groups in total. The summed E-state index contributed by atoms with van der Waals surface area (Å²) in [5, 5.41) is 0.194. The van der Waals surface area contributed by atoms with Crippen molar-refractivity contribution in [2.75, 3.05) is 13.2 Å². The Morgan fingerprint density at radius 1 is 1.50 bits per heavy atom. The Morgan fingerprint density at radius 3 is 2.92 bits per heavy atom. The summed E-state index contributed by atoms with van der Waals surface area (Å²) < 4.78 is 19.1. The van der Waals surface area contributed by atoms with Gasteiger partial charge >= 0.3 is 5.97 Å². The minimum Gasteiger partial charge on any atom is -0.464 e. The van der Waals surface area contributed by atoms with Crippen molar-refractivity contribution in [3.05, 3.63) is 39.5 Å². The zero-order chi connectivity index (χ0) is 17.7. The van der Waals surface area contributed by atoms with E-state index in [1.165, 1.54) is 24.3 Å². The van der Waals surface area contributed by atoms with Gasteiger partial charge in [0.2, 0.25) is 0 Å². The van der Waals surface area contributed by atoms with Crippen molar-refractivity contribution in [2.24, 2.45) is 0 Å². The lowest BCUT2D eigenvalue weighted by atomic mass is 10.2. The van der Waals surface area contributed by atoms with Gasteiger partial charge in [-0.05, 0) is 24.6 Å². The van der Waals surface area contributed by atoms with Gasteiger partial charge in [-0.3, -0.25) is 14.5 Å². The summed E-state index contributed by atoms with van der Waals surface area (Å²) in [7, 11) is 0. The number of unbranched alkanes of at least 4 members (excludes halogenated alkanes) is 1. The molecule has 24 heavy (non-hydrogen) atoms. The predicted molar refractivity (Wildman–Crippen MR) is 97.2 cm³/mol. The molecule has 0 saturated carbocycles. The molecule has 1 aromatic carbocycles. The summed E-state index contributed by atoms with van der Waals surface area (Å²) in [6.07, 6.45) is 3.01. The highest BCUT2D eigenvalue weighted by Gasteiger charge is 2.34. The second-order valence-electron chi connectivity index (χ2n) is 4.98. The van der Waals surface area contributed by atoms with Crippen molar-refractivity contribution in [1.82, 2.24) is 4.90 Å². The molecule has 1 amide bonds. The Morgan fingerprint density at radius 2 is 2.25 bits per heavy atom. The number of rotatable bonds is 6. The van der Waals surface area contributed by atoms with Crippen LogP contribution in [-0.4, -0.2) is 34.2 Å². The number of amides is 1. The van der Waals surface area contributed by atoms with Gasteiger partial charge in [0.05, 0.1) is 16.5 Å². The second kappa shape index (κ2) is 8.60. The largest absolute Gasteiger partial charge is 0.464 e. The van der Waals surface area contributed by atoms with Gasteiger partial charge in [0.25, 0.3) is 5.91 Å². The number of carbonyl (C=O) groups excluding carboxylic acids is 2. The summed E-state index contributed by atoms with van der Waals surface area (Å²) in [5.74, 6) is -1.52.